The zero-order valence-electron chi connectivity index (χ0n) is 13.3. The molecule has 116 valence electrons. The van der Waals surface area contributed by atoms with Crippen LogP contribution in [-0.4, -0.2) is 25.0 Å². The van der Waals surface area contributed by atoms with Crippen LogP contribution in [0.5, 0.6) is 0 Å². The summed E-state index contributed by atoms with van der Waals surface area (Å²) < 4.78 is 0. The van der Waals surface area contributed by atoms with Crippen LogP contribution in [0.25, 0.3) is 10.8 Å². The van der Waals surface area contributed by atoms with Crippen LogP contribution in [-0.2, 0) is 11.2 Å². The Balaban J connectivity index is 1.73. The number of carbonyl (C=O) groups excluding carboxylic acids is 1. The van der Waals surface area contributed by atoms with E-state index in [1.165, 1.54) is 0 Å². The van der Waals surface area contributed by atoms with Crippen LogP contribution in [0.4, 0.5) is 11.5 Å². The van der Waals surface area contributed by atoms with Crippen molar-refractivity contribution in [3.05, 3.63) is 66.4 Å². The fraction of sp³-hybridized carbons (Fsp3) is 0.158. The van der Waals surface area contributed by atoms with Gasteiger partial charge in [0.15, 0.2) is 0 Å². The number of hydrogen-bond donors (Lipinski definition) is 1. The summed E-state index contributed by atoms with van der Waals surface area (Å²) in [6, 6.07) is 17.9. The van der Waals surface area contributed by atoms with Crippen molar-refractivity contribution in [3.63, 3.8) is 0 Å². The van der Waals surface area contributed by atoms with Crippen molar-refractivity contribution in [2.45, 2.75) is 6.42 Å². The molecule has 1 N–H and O–H groups in total. The van der Waals surface area contributed by atoms with E-state index in [0.717, 1.165) is 22.2 Å². The van der Waals surface area contributed by atoms with Gasteiger partial charge in [-0.1, -0.05) is 42.5 Å². The number of nitrogens with one attached hydrogen (secondary N) is 1. The number of benzene rings is 2. The van der Waals surface area contributed by atoms with Crippen molar-refractivity contribution >= 4 is 28.2 Å². The van der Waals surface area contributed by atoms with E-state index < -0.39 is 0 Å². The summed E-state index contributed by atoms with van der Waals surface area (Å²) in [6.45, 7) is 0. The van der Waals surface area contributed by atoms with Crippen LogP contribution in [0.15, 0.2) is 60.8 Å². The molecule has 0 spiro atoms. The number of hydrogen-bond acceptors (Lipinski definition) is 3. The van der Waals surface area contributed by atoms with Gasteiger partial charge < -0.3 is 10.2 Å². The second kappa shape index (κ2) is 6.48. The Morgan fingerprint density at radius 3 is 2.57 bits per heavy atom. The lowest BCUT2D eigenvalue weighted by atomic mass is 10.0. The summed E-state index contributed by atoms with van der Waals surface area (Å²) >= 11 is 0. The molecule has 0 radical (unpaired) electrons. The average Bonchev–Trinajstić information content (AvgIpc) is 2.55. The third-order valence-electron chi connectivity index (χ3n) is 3.72. The van der Waals surface area contributed by atoms with Gasteiger partial charge in [0, 0.05) is 14.1 Å². The third kappa shape index (κ3) is 3.48. The van der Waals surface area contributed by atoms with Crippen LogP contribution < -0.4 is 10.2 Å². The van der Waals surface area contributed by atoms with E-state index in [4.69, 9.17) is 0 Å². The van der Waals surface area contributed by atoms with Gasteiger partial charge in [-0.2, -0.15) is 0 Å². The van der Waals surface area contributed by atoms with Gasteiger partial charge in [0.25, 0.3) is 0 Å². The van der Waals surface area contributed by atoms with Crippen LogP contribution in [0.1, 0.15) is 5.56 Å². The van der Waals surface area contributed by atoms with Crippen molar-refractivity contribution in [2.24, 2.45) is 0 Å². The maximum atomic E-state index is 12.3. The molecule has 3 rings (SSSR count). The zero-order valence-corrected chi connectivity index (χ0v) is 13.3. The summed E-state index contributed by atoms with van der Waals surface area (Å²) in [7, 11) is 3.86. The molecule has 0 unspecified atom stereocenters. The maximum Gasteiger partial charge on any atom is 0.228 e. The second-order valence-corrected chi connectivity index (χ2v) is 5.66. The van der Waals surface area contributed by atoms with Gasteiger partial charge in [0.1, 0.15) is 5.82 Å². The first kappa shape index (κ1) is 15.0. The molecule has 1 heterocycles. The minimum atomic E-state index is -0.0410. The van der Waals surface area contributed by atoms with E-state index in [1.54, 1.807) is 6.20 Å². The molecule has 4 heteroatoms. The molecule has 0 saturated heterocycles. The highest BCUT2D eigenvalue weighted by atomic mass is 16.1. The van der Waals surface area contributed by atoms with E-state index in [2.05, 4.69) is 22.4 Å². The summed E-state index contributed by atoms with van der Waals surface area (Å²) in [5, 5.41) is 5.17. The molecule has 2 aromatic carbocycles. The summed E-state index contributed by atoms with van der Waals surface area (Å²) in [5.74, 6) is 0.817. The Hall–Kier alpha value is -2.88. The first-order valence-corrected chi connectivity index (χ1v) is 7.53. The van der Waals surface area contributed by atoms with Crippen LogP contribution in [0.2, 0.25) is 0 Å². The van der Waals surface area contributed by atoms with Gasteiger partial charge in [0.2, 0.25) is 5.91 Å². The van der Waals surface area contributed by atoms with Crippen LogP contribution >= 0.6 is 0 Å². The number of aromatic nitrogens is 1. The van der Waals surface area contributed by atoms with E-state index in [0.29, 0.717) is 12.1 Å². The number of anilines is 2. The molecule has 0 aliphatic carbocycles. The number of fused-ring (bicyclic) bond motifs is 1. The molecule has 0 saturated carbocycles. The van der Waals surface area contributed by atoms with Crippen LogP contribution in [0.3, 0.4) is 0 Å². The lowest BCUT2D eigenvalue weighted by Gasteiger charge is -2.12. The first-order valence-electron chi connectivity index (χ1n) is 7.53. The van der Waals surface area contributed by atoms with Gasteiger partial charge in [-0.3, -0.25) is 4.79 Å². The van der Waals surface area contributed by atoms with E-state index in [-0.39, 0.29) is 5.91 Å². The molecule has 0 aliphatic heterocycles. The summed E-state index contributed by atoms with van der Waals surface area (Å²) in [5.41, 5.74) is 1.74. The van der Waals surface area contributed by atoms with E-state index in [1.807, 2.05) is 61.5 Å². The Bertz CT molecular complexity index is 820. The lowest BCUT2D eigenvalue weighted by molar-refractivity contribution is -0.115. The molecule has 0 atom stereocenters. The number of amides is 1. The van der Waals surface area contributed by atoms with Gasteiger partial charge >= 0.3 is 0 Å². The number of pyridine rings is 1. The van der Waals surface area contributed by atoms with E-state index >= 15 is 0 Å². The normalized spacial score (nSPS) is 10.5. The minimum Gasteiger partial charge on any atom is -0.363 e. The zero-order chi connectivity index (χ0) is 16.2. The molecule has 3 aromatic rings. The van der Waals surface area contributed by atoms with Crippen molar-refractivity contribution in [1.82, 2.24) is 4.98 Å². The highest BCUT2D eigenvalue weighted by Gasteiger charge is 2.08. The predicted molar refractivity (Wildman–Crippen MR) is 94.8 cm³/mol. The Morgan fingerprint density at radius 1 is 1.04 bits per heavy atom. The first-order chi connectivity index (χ1) is 11.1. The summed E-state index contributed by atoms with van der Waals surface area (Å²) in [6.07, 6.45) is 2.02. The van der Waals surface area contributed by atoms with Crippen molar-refractivity contribution in [1.29, 1.82) is 0 Å². The molecule has 4 nitrogen and oxygen atoms in total. The smallest absolute Gasteiger partial charge is 0.228 e. The Kier molecular flexibility index (Phi) is 4.24. The standard InChI is InChI=1S/C19H19N3O/c1-22(2)18-11-10-16(13-20-18)21-19(23)12-15-8-5-7-14-6-3-4-9-17(14)15/h3-11,13H,12H2,1-2H3,(H,21,23). The van der Waals surface area contributed by atoms with Crippen molar-refractivity contribution in [2.75, 3.05) is 24.3 Å². The van der Waals surface area contributed by atoms with Crippen LogP contribution in [0, 0.1) is 0 Å². The molecule has 0 fully saturated rings. The Morgan fingerprint density at radius 2 is 1.83 bits per heavy atom. The molecule has 23 heavy (non-hydrogen) atoms. The topological polar surface area (TPSA) is 45.2 Å². The highest BCUT2D eigenvalue weighted by molar-refractivity contribution is 5.96. The molecule has 0 bridgehead atoms. The molecule has 1 amide bonds. The molecular formula is C19H19N3O. The van der Waals surface area contributed by atoms with Gasteiger partial charge in [-0.05, 0) is 28.5 Å². The van der Waals surface area contributed by atoms with Gasteiger partial charge in [0.05, 0.1) is 18.3 Å². The molecular weight excluding hydrogens is 286 g/mol. The lowest BCUT2D eigenvalue weighted by Crippen LogP contribution is -2.15. The summed E-state index contributed by atoms with van der Waals surface area (Å²) in [4.78, 5) is 18.5. The number of rotatable bonds is 4. The highest BCUT2D eigenvalue weighted by Crippen LogP contribution is 2.19. The fourth-order valence-corrected chi connectivity index (χ4v) is 2.55. The number of carbonyl (C=O) groups is 1. The minimum absolute atomic E-state index is 0.0410. The average molecular weight is 305 g/mol. The maximum absolute atomic E-state index is 12.3. The van der Waals surface area contributed by atoms with Gasteiger partial charge in [-0.25, -0.2) is 4.98 Å². The monoisotopic (exact) mass is 305 g/mol. The number of nitrogens with zero attached hydrogens (tertiary/aromatic N) is 2. The SMILES string of the molecule is CN(C)c1ccc(NC(=O)Cc2cccc3ccccc23)cn1. The quantitative estimate of drug-likeness (QED) is 0.802. The van der Waals surface area contributed by atoms with Crippen molar-refractivity contribution < 1.29 is 4.79 Å². The van der Waals surface area contributed by atoms with Crippen molar-refractivity contribution in [3.8, 4) is 0 Å². The Labute approximate surface area is 135 Å². The molecule has 0 aliphatic rings. The predicted octanol–water partition coefficient (Wildman–Crippen LogP) is 3.48. The largest absolute Gasteiger partial charge is 0.363 e. The van der Waals surface area contributed by atoms with Gasteiger partial charge in [-0.15, -0.1) is 0 Å². The third-order valence-corrected chi connectivity index (χ3v) is 3.72. The molecule has 1 aromatic heterocycles. The van der Waals surface area contributed by atoms with E-state index in [9.17, 15) is 4.79 Å². The second-order valence-electron chi connectivity index (χ2n) is 5.66. The fourth-order valence-electron chi connectivity index (χ4n) is 2.55.